The van der Waals surface area contributed by atoms with Crippen LogP contribution in [0.1, 0.15) is 11.5 Å². The molecule has 0 fully saturated rings. The number of hydrogen-bond donors (Lipinski definition) is 1. The zero-order valence-electron chi connectivity index (χ0n) is 9.24. The van der Waals surface area contributed by atoms with E-state index in [1.165, 1.54) is 6.07 Å². The fourth-order valence-corrected chi connectivity index (χ4v) is 1.72. The number of nitrogens with zero attached hydrogens (tertiary/aromatic N) is 2. The molecule has 0 aliphatic carbocycles. The van der Waals surface area contributed by atoms with E-state index in [0.717, 1.165) is 11.3 Å². The van der Waals surface area contributed by atoms with E-state index in [0.29, 0.717) is 18.1 Å². The van der Waals surface area contributed by atoms with Gasteiger partial charge in [-0.15, -0.1) is 0 Å². The first-order valence-corrected chi connectivity index (χ1v) is 5.48. The molecule has 0 aliphatic rings. The first-order chi connectivity index (χ1) is 8.10. The summed E-state index contributed by atoms with van der Waals surface area (Å²) in [7, 11) is 0. The van der Waals surface area contributed by atoms with E-state index in [2.05, 4.69) is 9.97 Å². The second-order valence-corrected chi connectivity index (χ2v) is 4.03. The lowest BCUT2D eigenvalue weighted by Gasteiger charge is -2.05. The van der Waals surface area contributed by atoms with Gasteiger partial charge in [-0.1, -0.05) is 11.6 Å². The molecule has 0 aliphatic heterocycles. The SMILES string of the molecule is Cc1nc(CN)cc(-c2ccc(F)c(Cl)c2)n1. The summed E-state index contributed by atoms with van der Waals surface area (Å²) < 4.78 is 13.1. The molecule has 0 saturated heterocycles. The Morgan fingerprint density at radius 1 is 1.29 bits per heavy atom. The third-order valence-electron chi connectivity index (χ3n) is 2.32. The molecule has 5 heteroatoms. The molecule has 1 heterocycles. The number of aryl methyl sites for hydroxylation is 1. The lowest BCUT2D eigenvalue weighted by Crippen LogP contribution is -2.03. The van der Waals surface area contributed by atoms with Crippen molar-refractivity contribution in [2.75, 3.05) is 0 Å². The highest BCUT2D eigenvalue weighted by Crippen LogP contribution is 2.23. The molecule has 2 rings (SSSR count). The van der Waals surface area contributed by atoms with Crippen molar-refractivity contribution in [2.24, 2.45) is 5.73 Å². The topological polar surface area (TPSA) is 51.8 Å². The Labute approximate surface area is 103 Å². The number of halogens is 2. The summed E-state index contributed by atoms with van der Waals surface area (Å²) >= 11 is 5.73. The van der Waals surface area contributed by atoms with Crippen LogP contribution in [0.3, 0.4) is 0 Å². The highest BCUT2D eigenvalue weighted by atomic mass is 35.5. The van der Waals surface area contributed by atoms with Gasteiger partial charge in [0, 0.05) is 12.1 Å². The Balaban J connectivity index is 2.52. The zero-order valence-corrected chi connectivity index (χ0v) is 10.0. The summed E-state index contributed by atoms with van der Waals surface area (Å²) in [5.74, 6) is 0.184. The molecule has 1 aromatic heterocycles. The lowest BCUT2D eigenvalue weighted by molar-refractivity contribution is 0.628. The summed E-state index contributed by atoms with van der Waals surface area (Å²) in [6.07, 6.45) is 0. The molecule has 88 valence electrons. The first-order valence-electron chi connectivity index (χ1n) is 5.10. The molecule has 0 spiro atoms. The molecule has 0 saturated carbocycles. The zero-order chi connectivity index (χ0) is 12.4. The van der Waals surface area contributed by atoms with Gasteiger partial charge in [0.1, 0.15) is 11.6 Å². The second kappa shape index (κ2) is 4.77. The van der Waals surface area contributed by atoms with Crippen LogP contribution in [0.15, 0.2) is 24.3 Å². The standard InChI is InChI=1S/C12H11ClFN3/c1-7-16-9(6-15)5-12(17-7)8-2-3-11(14)10(13)4-8/h2-5H,6,15H2,1H3. The minimum atomic E-state index is -0.444. The highest BCUT2D eigenvalue weighted by Gasteiger charge is 2.06. The van der Waals surface area contributed by atoms with Crippen molar-refractivity contribution >= 4 is 11.6 Å². The minimum Gasteiger partial charge on any atom is -0.325 e. The Morgan fingerprint density at radius 3 is 2.71 bits per heavy atom. The number of nitrogens with two attached hydrogens (primary N) is 1. The normalized spacial score (nSPS) is 10.6. The Kier molecular flexibility index (Phi) is 3.36. The van der Waals surface area contributed by atoms with Crippen molar-refractivity contribution in [2.45, 2.75) is 13.5 Å². The van der Waals surface area contributed by atoms with Gasteiger partial charge in [-0.3, -0.25) is 0 Å². The van der Waals surface area contributed by atoms with Gasteiger partial charge in [-0.25, -0.2) is 14.4 Å². The summed E-state index contributed by atoms with van der Waals surface area (Å²) in [5, 5.41) is 0.0769. The van der Waals surface area contributed by atoms with Crippen LogP contribution in [0.4, 0.5) is 4.39 Å². The summed E-state index contributed by atoms with van der Waals surface area (Å²) in [4.78, 5) is 8.45. The number of hydrogen-bond acceptors (Lipinski definition) is 3. The summed E-state index contributed by atoms with van der Waals surface area (Å²) in [6.45, 7) is 2.12. The van der Waals surface area contributed by atoms with Crippen LogP contribution in [0.2, 0.25) is 5.02 Å². The largest absolute Gasteiger partial charge is 0.325 e. The Bertz CT molecular complexity index is 557. The molecule has 0 amide bonds. The third-order valence-corrected chi connectivity index (χ3v) is 2.61. The van der Waals surface area contributed by atoms with Crippen LogP contribution in [0.5, 0.6) is 0 Å². The van der Waals surface area contributed by atoms with E-state index in [9.17, 15) is 4.39 Å². The van der Waals surface area contributed by atoms with Gasteiger partial charge in [0.2, 0.25) is 0 Å². The third kappa shape index (κ3) is 2.60. The van der Waals surface area contributed by atoms with E-state index < -0.39 is 5.82 Å². The van der Waals surface area contributed by atoms with Gasteiger partial charge in [-0.05, 0) is 31.2 Å². The van der Waals surface area contributed by atoms with Crippen molar-refractivity contribution in [1.82, 2.24) is 9.97 Å². The average molecular weight is 252 g/mol. The maximum absolute atomic E-state index is 13.1. The van der Waals surface area contributed by atoms with E-state index in [4.69, 9.17) is 17.3 Å². The van der Waals surface area contributed by atoms with Crippen LogP contribution >= 0.6 is 11.6 Å². The molecular weight excluding hydrogens is 241 g/mol. The number of rotatable bonds is 2. The molecule has 0 bridgehead atoms. The van der Waals surface area contributed by atoms with Crippen LogP contribution in [-0.2, 0) is 6.54 Å². The molecular formula is C12H11ClFN3. The molecule has 0 unspecified atom stereocenters. The fourth-order valence-electron chi connectivity index (χ4n) is 1.54. The van der Waals surface area contributed by atoms with Gasteiger partial charge in [0.15, 0.2) is 0 Å². The predicted octanol–water partition coefficient (Wildman–Crippen LogP) is 2.70. The monoisotopic (exact) mass is 251 g/mol. The van der Waals surface area contributed by atoms with Crippen molar-refractivity contribution < 1.29 is 4.39 Å². The van der Waals surface area contributed by atoms with Gasteiger partial charge in [0.25, 0.3) is 0 Å². The van der Waals surface area contributed by atoms with Gasteiger partial charge >= 0.3 is 0 Å². The van der Waals surface area contributed by atoms with Crippen LogP contribution in [-0.4, -0.2) is 9.97 Å². The Hall–Kier alpha value is -1.52. The van der Waals surface area contributed by atoms with Crippen molar-refractivity contribution in [1.29, 1.82) is 0 Å². The van der Waals surface area contributed by atoms with Gasteiger partial charge in [0.05, 0.1) is 16.4 Å². The highest BCUT2D eigenvalue weighted by molar-refractivity contribution is 6.31. The number of benzene rings is 1. The summed E-state index contributed by atoms with van der Waals surface area (Å²) in [6, 6.07) is 6.26. The minimum absolute atomic E-state index is 0.0769. The lowest BCUT2D eigenvalue weighted by atomic mass is 10.1. The van der Waals surface area contributed by atoms with Gasteiger partial charge < -0.3 is 5.73 Å². The quantitative estimate of drug-likeness (QED) is 0.893. The maximum Gasteiger partial charge on any atom is 0.141 e. The van der Waals surface area contributed by atoms with Crippen LogP contribution in [0, 0.1) is 12.7 Å². The molecule has 17 heavy (non-hydrogen) atoms. The summed E-state index contributed by atoms with van der Waals surface area (Å²) in [5.41, 5.74) is 7.73. The van der Waals surface area contributed by atoms with Crippen LogP contribution in [0.25, 0.3) is 11.3 Å². The number of aromatic nitrogens is 2. The van der Waals surface area contributed by atoms with Gasteiger partial charge in [-0.2, -0.15) is 0 Å². The molecule has 2 aromatic rings. The van der Waals surface area contributed by atoms with Crippen LogP contribution < -0.4 is 5.73 Å². The van der Waals surface area contributed by atoms with Crippen molar-refractivity contribution in [3.8, 4) is 11.3 Å². The van der Waals surface area contributed by atoms with E-state index in [1.54, 1.807) is 25.1 Å². The van der Waals surface area contributed by atoms with E-state index in [1.807, 2.05) is 0 Å². The van der Waals surface area contributed by atoms with Crippen molar-refractivity contribution in [3.05, 3.63) is 46.6 Å². The molecule has 0 atom stereocenters. The second-order valence-electron chi connectivity index (χ2n) is 3.62. The van der Waals surface area contributed by atoms with E-state index >= 15 is 0 Å². The van der Waals surface area contributed by atoms with E-state index in [-0.39, 0.29) is 5.02 Å². The Morgan fingerprint density at radius 2 is 2.06 bits per heavy atom. The molecule has 2 N–H and O–H groups in total. The molecule has 0 radical (unpaired) electrons. The maximum atomic E-state index is 13.1. The predicted molar refractivity (Wildman–Crippen MR) is 65.1 cm³/mol. The smallest absolute Gasteiger partial charge is 0.141 e. The molecule has 3 nitrogen and oxygen atoms in total. The molecule has 1 aromatic carbocycles. The first kappa shape index (κ1) is 12.0. The van der Waals surface area contributed by atoms with Crippen molar-refractivity contribution in [3.63, 3.8) is 0 Å². The average Bonchev–Trinajstić information content (AvgIpc) is 2.32. The fraction of sp³-hybridized carbons (Fsp3) is 0.167.